The van der Waals surface area contributed by atoms with Crippen LogP contribution in [0.15, 0.2) is 12.1 Å². The van der Waals surface area contributed by atoms with Crippen molar-refractivity contribution in [2.45, 2.75) is 20.0 Å². The second kappa shape index (κ2) is 5.24. The second-order valence-electron chi connectivity index (χ2n) is 3.28. The number of alkyl halides is 3. The first kappa shape index (κ1) is 14.3. The third-order valence-corrected chi connectivity index (χ3v) is 2.95. The lowest BCUT2D eigenvalue weighted by Gasteiger charge is -2.17. The number of carbonyl (C=O) groups is 1. The van der Waals surface area contributed by atoms with Crippen LogP contribution in [-0.2, 0) is 6.18 Å². The van der Waals surface area contributed by atoms with Gasteiger partial charge >= 0.3 is 6.18 Å². The van der Waals surface area contributed by atoms with Crippen molar-refractivity contribution in [3.63, 3.8) is 0 Å². The van der Waals surface area contributed by atoms with Gasteiger partial charge in [-0.15, -0.1) is 0 Å². The Hall–Kier alpha value is -0.790. The SMILES string of the molecule is CCOc1ccc(I)c(C(C)=O)c1C(F)(F)F. The molecule has 0 aliphatic heterocycles. The number of Topliss-reactive ketones (excluding diaryl/α,β-unsaturated/α-hetero) is 1. The van der Waals surface area contributed by atoms with Crippen molar-refractivity contribution in [2.24, 2.45) is 0 Å². The van der Waals surface area contributed by atoms with Crippen LogP contribution >= 0.6 is 22.6 Å². The third-order valence-electron chi connectivity index (χ3n) is 2.05. The van der Waals surface area contributed by atoms with Gasteiger partial charge in [-0.3, -0.25) is 4.79 Å². The largest absolute Gasteiger partial charge is 0.493 e. The van der Waals surface area contributed by atoms with Crippen molar-refractivity contribution in [1.82, 2.24) is 0 Å². The molecule has 0 aliphatic carbocycles. The van der Waals surface area contributed by atoms with E-state index in [1.54, 1.807) is 29.5 Å². The number of carbonyl (C=O) groups excluding carboxylic acids is 1. The minimum Gasteiger partial charge on any atom is -0.493 e. The lowest BCUT2D eigenvalue weighted by Crippen LogP contribution is -2.15. The van der Waals surface area contributed by atoms with Gasteiger partial charge in [0, 0.05) is 9.13 Å². The maximum Gasteiger partial charge on any atom is 0.420 e. The van der Waals surface area contributed by atoms with Gasteiger partial charge in [0.1, 0.15) is 11.3 Å². The highest BCUT2D eigenvalue weighted by Crippen LogP contribution is 2.40. The predicted molar refractivity (Wildman–Crippen MR) is 65.3 cm³/mol. The molecule has 1 aromatic carbocycles. The summed E-state index contributed by atoms with van der Waals surface area (Å²) < 4.78 is 44.0. The van der Waals surface area contributed by atoms with E-state index in [9.17, 15) is 18.0 Å². The van der Waals surface area contributed by atoms with Crippen molar-refractivity contribution in [2.75, 3.05) is 6.61 Å². The number of hydrogen-bond acceptors (Lipinski definition) is 2. The lowest BCUT2D eigenvalue weighted by atomic mass is 10.0. The third kappa shape index (κ3) is 3.11. The Balaban J connectivity index is 3.56. The molecule has 0 saturated carbocycles. The standard InChI is InChI=1S/C11H10F3IO2/c1-3-17-8-5-4-7(15)9(6(2)16)10(8)11(12,13)14/h4-5H,3H2,1-2H3. The maximum absolute atomic E-state index is 12.9. The van der Waals surface area contributed by atoms with E-state index in [0.29, 0.717) is 0 Å². The molecule has 0 heterocycles. The Morgan fingerprint density at radius 1 is 1.41 bits per heavy atom. The molecule has 0 bridgehead atoms. The highest BCUT2D eigenvalue weighted by Gasteiger charge is 2.39. The predicted octanol–water partition coefficient (Wildman–Crippen LogP) is 3.91. The number of rotatable bonds is 3. The summed E-state index contributed by atoms with van der Waals surface area (Å²) in [5, 5.41) is 0. The van der Waals surface area contributed by atoms with Gasteiger partial charge in [-0.05, 0) is 48.6 Å². The number of halogens is 4. The molecule has 0 unspecified atom stereocenters. The van der Waals surface area contributed by atoms with Crippen LogP contribution in [0, 0.1) is 3.57 Å². The van der Waals surface area contributed by atoms with Crippen LogP contribution in [0.5, 0.6) is 5.75 Å². The number of ketones is 1. The van der Waals surface area contributed by atoms with Crippen molar-refractivity contribution >= 4 is 28.4 Å². The summed E-state index contributed by atoms with van der Waals surface area (Å²) in [5.41, 5.74) is -1.32. The summed E-state index contributed by atoms with van der Waals surface area (Å²) >= 11 is 1.71. The average molecular weight is 358 g/mol. The fraction of sp³-hybridized carbons (Fsp3) is 0.364. The number of ether oxygens (including phenoxy) is 1. The van der Waals surface area contributed by atoms with E-state index in [-0.39, 0.29) is 21.5 Å². The van der Waals surface area contributed by atoms with Crippen LogP contribution in [0.3, 0.4) is 0 Å². The normalized spacial score (nSPS) is 11.4. The molecule has 0 N–H and O–H groups in total. The van der Waals surface area contributed by atoms with Crippen LogP contribution in [0.2, 0.25) is 0 Å². The summed E-state index contributed by atoms with van der Waals surface area (Å²) in [4.78, 5) is 11.3. The van der Waals surface area contributed by atoms with Crippen LogP contribution in [0.4, 0.5) is 13.2 Å². The van der Waals surface area contributed by atoms with Gasteiger partial charge in [0.25, 0.3) is 0 Å². The molecule has 1 aromatic rings. The van der Waals surface area contributed by atoms with Gasteiger partial charge in [0.05, 0.1) is 6.61 Å². The summed E-state index contributed by atoms with van der Waals surface area (Å²) in [7, 11) is 0. The van der Waals surface area contributed by atoms with Crippen molar-refractivity contribution in [3.05, 3.63) is 26.8 Å². The zero-order valence-corrected chi connectivity index (χ0v) is 11.3. The zero-order chi connectivity index (χ0) is 13.2. The molecular weight excluding hydrogens is 348 g/mol. The molecule has 0 saturated heterocycles. The van der Waals surface area contributed by atoms with E-state index in [1.807, 2.05) is 0 Å². The number of hydrogen-bond donors (Lipinski definition) is 0. The van der Waals surface area contributed by atoms with E-state index in [2.05, 4.69) is 0 Å². The van der Waals surface area contributed by atoms with Crippen LogP contribution < -0.4 is 4.74 Å². The fourth-order valence-electron chi connectivity index (χ4n) is 1.46. The van der Waals surface area contributed by atoms with Crippen LogP contribution in [0.1, 0.15) is 29.8 Å². The molecule has 2 nitrogen and oxygen atoms in total. The first-order valence-corrected chi connectivity index (χ1v) is 5.90. The first-order valence-electron chi connectivity index (χ1n) is 4.82. The second-order valence-corrected chi connectivity index (χ2v) is 4.44. The molecule has 6 heteroatoms. The summed E-state index contributed by atoms with van der Waals surface area (Å²) in [6.45, 7) is 2.81. The molecule has 17 heavy (non-hydrogen) atoms. The zero-order valence-electron chi connectivity index (χ0n) is 9.19. The molecule has 0 radical (unpaired) electrons. The Morgan fingerprint density at radius 2 is 2.00 bits per heavy atom. The molecule has 0 aliphatic rings. The molecule has 0 spiro atoms. The van der Waals surface area contributed by atoms with E-state index in [4.69, 9.17) is 4.74 Å². The van der Waals surface area contributed by atoms with Crippen molar-refractivity contribution in [1.29, 1.82) is 0 Å². The van der Waals surface area contributed by atoms with Gasteiger partial charge in [-0.2, -0.15) is 13.2 Å². The van der Waals surface area contributed by atoms with Gasteiger partial charge in [-0.25, -0.2) is 0 Å². The molecule has 0 aromatic heterocycles. The van der Waals surface area contributed by atoms with E-state index in [0.717, 1.165) is 6.92 Å². The average Bonchev–Trinajstić information content (AvgIpc) is 2.18. The quantitative estimate of drug-likeness (QED) is 0.605. The Bertz CT molecular complexity index is 441. The highest BCUT2D eigenvalue weighted by molar-refractivity contribution is 14.1. The summed E-state index contributed by atoms with van der Waals surface area (Å²) in [6.07, 6.45) is -4.60. The lowest BCUT2D eigenvalue weighted by molar-refractivity contribution is -0.139. The van der Waals surface area contributed by atoms with Crippen molar-refractivity contribution < 1.29 is 22.7 Å². The van der Waals surface area contributed by atoms with E-state index < -0.39 is 17.5 Å². The summed E-state index contributed by atoms with van der Waals surface area (Å²) in [6, 6.07) is 2.68. The maximum atomic E-state index is 12.9. The Kier molecular flexibility index (Phi) is 4.40. The van der Waals surface area contributed by atoms with Crippen LogP contribution in [0.25, 0.3) is 0 Å². The summed E-state index contributed by atoms with van der Waals surface area (Å²) in [5.74, 6) is -0.922. The molecule has 0 amide bonds. The molecular formula is C11H10F3IO2. The Morgan fingerprint density at radius 3 is 2.41 bits per heavy atom. The van der Waals surface area contributed by atoms with Gasteiger partial charge in [0.2, 0.25) is 0 Å². The van der Waals surface area contributed by atoms with Gasteiger partial charge < -0.3 is 4.74 Å². The van der Waals surface area contributed by atoms with Crippen LogP contribution in [-0.4, -0.2) is 12.4 Å². The Labute approximate surface area is 110 Å². The minimum atomic E-state index is -4.60. The number of benzene rings is 1. The monoisotopic (exact) mass is 358 g/mol. The van der Waals surface area contributed by atoms with E-state index in [1.165, 1.54) is 12.1 Å². The van der Waals surface area contributed by atoms with Crippen molar-refractivity contribution in [3.8, 4) is 5.75 Å². The van der Waals surface area contributed by atoms with E-state index >= 15 is 0 Å². The molecule has 1 rings (SSSR count). The van der Waals surface area contributed by atoms with Gasteiger partial charge in [-0.1, -0.05) is 0 Å². The molecule has 0 atom stereocenters. The minimum absolute atomic E-state index is 0.112. The molecule has 0 fully saturated rings. The smallest absolute Gasteiger partial charge is 0.420 e. The first-order chi connectivity index (χ1) is 7.79. The van der Waals surface area contributed by atoms with Gasteiger partial charge in [0.15, 0.2) is 5.78 Å². The fourth-order valence-corrected chi connectivity index (χ4v) is 2.29. The highest BCUT2D eigenvalue weighted by atomic mass is 127. The molecule has 94 valence electrons. The topological polar surface area (TPSA) is 26.3 Å².